The zero-order valence-electron chi connectivity index (χ0n) is 30.5. The number of para-hydroxylation sites is 1. The number of rotatable bonds is 13. The van der Waals surface area contributed by atoms with E-state index in [4.69, 9.17) is 0 Å². The number of alkyl halides is 3. The van der Waals surface area contributed by atoms with Crippen LogP contribution in [-0.4, -0.2) is 51.3 Å². The van der Waals surface area contributed by atoms with E-state index in [0.717, 1.165) is 6.07 Å². The third kappa shape index (κ3) is 8.69. The summed E-state index contributed by atoms with van der Waals surface area (Å²) in [4.78, 5) is 58.8. The van der Waals surface area contributed by atoms with Gasteiger partial charge in [0, 0.05) is 23.2 Å². The smallest absolute Gasteiger partial charge is 0.418 e. The van der Waals surface area contributed by atoms with Gasteiger partial charge in [-0.1, -0.05) is 70.9 Å². The monoisotopic (exact) mass is 751 g/mol. The molecular weight excluding hydrogens is 706 g/mol. The lowest BCUT2D eigenvalue weighted by atomic mass is 9.78. The number of anilines is 1. The lowest BCUT2D eigenvalue weighted by Crippen LogP contribution is -2.67. The minimum absolute atomic E-state index is 0.00659. The molecule has 1 aliphatic rings. The molecule has 0 saturated carbocycles. The minimum atomic E-state index is -4.66. The molecule has 0 saturated heterocycles. The second kappa shape index (κ2) is 16.3. The Labute approximate surface area is 310 Å². The maximum Gasteiger partial charge on any atom is 0.418 e. The Kier molecular flexibility index (Phi) is 12.0. The topological polar surface area (TPSA) is 152 Å². The summed E-state index contributed by atoms with van der Waals surface area (Å²) in [5.41, 5.74) is -1.37. The average Bonchev–Trinajstić information content (AvgIpc) is 3.51. The van der Waals surface area contributed by atoms with Crippen molar-refractivity contribution < 1.29 is 41.8 Å². The van der Waals surface area contributed by atoms with E-state index in [1.54, 1.807) is 19.9 Å². The molecule has 4 amide bonds. The molecule has 288 valence electrons. The maximum atomic E-state index is 14.7. The van der Waals surface area contributed by atoms with Crippen LogP contribution in [-0.2, 0) is 44.6 Å². The zero-order valence-corrected chi connectivity index (χ0v) is 30.5. The molecule has 1 heterocycles. The number of amides is 4. The van der Waals surface area contributed by atoms with Crippen molar-refractivity contribution in [3.05, 3.63) is 94.9 Å². The molecule has 1 aromatic heterocycles. The molecule has 0 aliphatic heterocycles. The molecule has 2 unspecified atom stereocenters. The van der Waals surface area contributed by atoms with Crippen molar-refractivity contribution in [2.75, 3.05) is 5.32 Å². The molecule has 4 aromatic rings. The summed E-state index contributed by atoms with van der Waals surface area (Å²) in [6, 6.07) is 13.1. The molecule has 5 rings (SSSR count). The van der Waals surface area contributed by atoms with Crippen LogP contribution in [0.4, 0.5) is 23.2 Å². The quantitative estimate of drug-likeness (QED) is 0.0698. The lowest BCUT2D eigenvalue weighted by Gasteiger charge is -2.39. The van der Waals surface area contributed by atoms with Gasteiger partial charge in [-0.3, -0.25) is 19.2 Å². The number of hydrogen-bond donors (Lipinski definition) is 6. The number of nitrogens with one attached hydrogen (secondary N) is 5. The summed E-state index contributed by atoms with van der Waals surface area (Å²) in [6.45, 7) is 7.17. The highest BCUT2D eigenvalue weighted by atomic mass is 19.4. The summed E-state index contributed by atoms with van der Waals surface area (Å²) >= 11 is 0. The first-order valence-electron chi connectivity index (χ1n) is 18.0. The second-order valence-corrected chi connectivity index (χ2v) is 14.1. The van der Waals surface area contributed by atoms with Crippen LogP contribution in [0.2, 0.25) is 0 Å². The molecule has 0 spiro atoms. The van der Waals surface area contributed by atoms with Gasteiger partial charge < -0.3 is 31.4 Å². The first-order valence-corrected chi connectivity index (χ1v) is 18.0. The van der Waals surface area contributed by atoms with Crippen molar-refractivity contribution in [1.82, 2.24) is 20.9 Å². The van der Waals surface area contributed by atoms with Crippen molar-refractivity contribution in [3.8, 4) is 5.75 Å². The Hall–Kier alpha value is -5.40. The molecule has 0 bridgehead atoms. The van der Waals surface area contributed by atoms with Crippen LogP contribution < -0.4 is 21.3 Å². The Morgan fingerprint density at radius 2 is 1.52 bits per heavy atom. The number of benzene rings is 3. The highest BCUT2D eigenvalue weighted by Crippen LogP contribution is 2.40. The maximum absolute atomic E-state index is 14.7. The van der Waals surface area contributed by atoms with Gasteiger partial charge >= 0.3 is 6.18 Å². The fourth-order valence-electron chi connectivity index (χ4n) is 6.87. The van der Waals surface area contributed by atoms with Crippen LogP contribution in [0, 0.1) is 17.7 Å². The number of carbonyl (C=O) groups is 4. The van der Waals surface area contributed by atoms with Crippen molar-refractivity contribution in [2.45, 2.75) is 90.0 Å². The van der Waals surface area contributed by atoms with Gasteiger partial charge in [-0.2, -0.15) is 13.2 Å². The summed E-state index contributed by atoms with van der Waals surface area (Å²) < 4.78 is 56.6. The SMILES string of the molecule is CCC(C)[C@H](NC(=O)Cc1ccccc1F)C(=O)N[C@]1(C(=O)NC(C(=O)Nc2ccc(O)cc2)[C@@H](C)CC)CCc2[nH]c3c(C(F)(F)F)cccc3c2C1. The average molecular weight is 752 g/mol. The molecular formula is C40H45F4N5O5. The number of H-pyrrole nitrogens is 1. The summed E-state index contributed by atoms with van der Waals surface area (Å²) in [5.74, 6) is -4.04. The van der Waals surface area contributed by atoms with Crippen LogP contribution in [0.1, 0.15) is 69.3 Å². The van der Waals surface area contributed by atoms with Gasteiger partial charge in [0.1, 0.15) is 29.2 Å². The normalized spacial score (nSPS) is 17.8. The van der Waals surface area contributed by atoms with Crippen molar-refractivity contribution in [2.24, 2.45) is 11.8 Å². The number of halogens is 4. The molecule has 6 N–H and O–H groups in total. The number of carbonyl (C=O) groups excluding carboxylic acids is 4. The fourth-order valence-corrected chi connectivity index (χ4v) is 6.87. The van der Waals surface area contributed by atoms with Gasteiger partial charge in [0.2, 0.25) is 23.6 Å². The van der Waals surface area contributed by atoms with E-state index >= 15 is 0 Å². The highest BCUT2D eigenvalue weighted by molar-refractivity contribution is 6.01. The fraction of sp³-hybridized carbons (Fsp3) is 0.400. The van der Waals surface area contributed by atoms with Gasteiger partial charge in [0.25, 0.3) is 0 Å². The molecule has 54 heavy (non-hydrogen) atoms. The third-order valence-corrected chi connectivity index (χ3v) is 10.5. The van der Waals surface area contributed by atoms with Gasteiger partial charge in [0.05, 0.1) is 17.5 Å². The lowest BCUT2D eigenvalue weighted by molar-refractivity contribution is -0.138. The van der Waals surface area contributed by atoms with E-state index in [-0.39, 0.29) is 47.9 Å². The Morgan fingerprint density at radius 3 is 2.15 bits per heavy atom. The van der Waals surface area contributed by atoms with E-state index in [1.807, 2.05) is 13.8 Å². The standard InChI is InChI=1S/C40H45F4N5O5/c1-5-22(3)33(36(52)45-25-14-16-26(50)17-15-25)48-38(54)39(19-18-31-28(21-39)27-11-9-12-29(35(27)46-31)40(42,43)44)49-37(53)34(23(4)6-2)47-32(51)20-24-10-7-8-13-30(24)41/h7-17,22-23,33-34,46,50H,5-6,18-21H2,1-4H3,(H,45,52)(H,47,51)(H,48,54)(H,49,53)/t22-,23?,33?,34-,39+/m0/s1. The van der Waals surface area contributed by atoms with Crippen LogP contribution in [0.25, 0.3) is 10.9 Å². The van der Waals surface area contributed by atoms with Crippen LogP contribution >= 0.6 is 0 Å². The van der Waals surface area contributed by atoms with E-state index in [1.165, 1.54) is 54.6 Å². The first-order chi connectivity index (χ1) is 25.6. The highest BCUT2D eigenvalue weighted by Gasteiger charge is 2.47. The predicted molar refractivity (Wildman–Crippen MR) is 196 cm³/mol. The Balaban J connectivity index is 1.51. The molecule has 0 fully saturated rings. The van der Waals surface area contributed by atoms with Gasteiger partial charge in [-0.15, -0.1) is 0 Å². The van der Waals surface area contributed by atoms with E-state index in [0.29, 0.717) is 29.8 Å². The third-order valence-electron chi connectivity index (χ3n) is 10.5. The Morgan fingerprint density at radius 1 is 0.870 bits per heavy atom. The number of aryl methyl sites for hydroxylation is 1. The Bertz CT molecular complexity index is 2010. The van der Waals surface area contributed by atoms with Crippen LogP contribution in [0.5, 0.6) is 5.75 Å². The second-order valence-electron chi connectivity index (χ2n) is 14.1. The van der Waals surface area contributed by atoms with Crippen LogP contribution in [0.15, 0.2) is 66.7 Å². The van der Waals surface area contributed by atoms with E-state index in [2.05, 4.69) is 26.3 Å². The summed E-state index contributed by atoms with van der Waals surface area (Å²) in [5, 5.41) is 21.1. The molecule has 10 nitrogen and oxygen atoms in total. The summed E-state index contributed by atoms with van der Waals surface area (Å²) in [6.07, 6.45) is -4.27. The number of hydrogen-bond acceptors (Lipinski definition) is 5. The zero-order chi connectivity index (χ0) is 39.4. The molecule has 0 radical (unpaired) electrons. The van der Waals surface area contributed by atoms with Crippen molar-refractivity contribution >= 4 is 40.2 Å². The van der Waals surface area contributed by atoms with Crippen molar-refractivity contribution in [3.63, 3.8) is 0 Å². The molecule has 5 atom stereocenters. The molecule has 3 aromatic carbocycles. The largest absolute Gasteiger partial charge is 0.508 e. The number of fused-ring (bicyclic) bond motifs is 3. The van der Waals surface area contributed by atoms with Gasteiger partial charge in [0.15, 0.2) is 0 Å². The van der Waals surface area contributed by atoms with E-state index < -0.39 is 70.6 Å². The molecule has 14 heteroatoms. The van der Waals surface area contributed by atoms with Gasteiger partial charge in [-0.05, 0) is 72.2 Å². The number of aromatic amines is 1. The molecule has 1 aliphatic carbocycles. The predicted octanol–water partition coefficient (Wildman–Crippen LogP) is 6.32. The summed E-state index contributed by atoms with van der Waals surface area (Å²) in [7, 11) is 0. The first kappa shape index (κ1) is 39.8. The number of aromatic hydroxyl groups is 1. The van der Waals surface area contributed by atoms with Gasteiger partial charge in [-0.25, -0.2) is 4.39 Å². The number of phenolic OH excluding ortho intramolecular Hbond substituents is 1. The number of phenols is 1. The minimum Gasteiger partial charge on any atom is -0.508 e. The van der Waals surface area contributed by atoms with E-state index in [9.17, 15) is 41.8 Å². The number of aromatic nitrogens is 1. The van der Waals surface area contributed by atoms with Crippen molar-refractivity contribution in [1.29, 1.82) is 0 Å². The van der Waals surface area contributed by atoms with Crippen LogP contribution in [0.3, 0.4) is 0 Å².